The van der Waals surface area contributed by atoms with Crippen molar-refractivity contribution in [3.8, 4) is 89.7 Å². The summed E-state index contributed by atoms with van der Waals surface area (Å²) >= 11 is 0. The molecule has 11 aromatic rings. The maximum Gasteiger partial charge on any atom is 0.149 e. The quantitative estimate of drug-likeness (QED) is 0.149. The standard InChI is InChI=1S/C65H51N3O/c1-65(2,3)53-41-51(40-52(42-53)59-43-50(36-37-66-59)49-29-16-22-45(39-49)38-44-20-8-4-9-21-44)54-30-19-35-60-61(54)67-64(58-34-18-33-57(63(58)69)48-27-14-7-15-28-48)68(60)62-55(46-23-10-5-11-24-46)31-17-32-56(62)47-25-12-6-13-26-47/h4-37,39-43,69H,38H2,1-3H3. The van der Waals surface area contributed by atoms with E-state index in [0.29, 0.717) is 11.4 Å². The van der Waals surface area contributed by atoms with E-state index >= 15 is 0 Å². The van der Waals surface area contributed by atoms with Gasteiger partial charge in [-0.2, -0.15) is 0 Å². The summed E-state index contributed by atoms with van der Waals surface area (Å²) < 4.78 is 2.28. The predicted octanol–water partition coefficient (Wildman–Crippen LogP) is 16.7. The lowest BCUT2D eigenvalue weighted by Gasteiger charge is -2.22. The zero-order valence-electron chi connectivity index (χ0n) is 39.0. The molecule has 332 valence electrons. The van der Waals surface area contributed by atoms with Crippen LogP contribution >= 0.6 is 0 Å². The minimum atomic E-state index is -0.171. The van der Waals surface area contributed by atoms with Crippen LogP contribution in [0.15, 0.2) is 237 Å². The van der Waals surface area contributed by atoms with E-state index < -0.39 is 0 Å². The Balaban J connectivity index is 1.14. The van der Waals surface area contributed by atoms with Crippen molar-refractivity contribution in [2.24, 2.45) is 0 Å². The number of pyridine rings is 1. The van der Waals surface area contributed by atoms with Gasteiger partial charge in [0, 0.05) is 34.0 Å². The molecule has 2 heterocycles. The molecular formula is C65H51N3O. The Bertz CT molecular complexity index is 3550. The van der Waals surface area contributed by atoms with E-state index in [1.54, 1.807) is 0 Å². The molecule has 2 aromatic heterocycles. The van der Waals surface area contributed by atoms with E-state index in [2.05, 4.69) is 207 Å². The Labute approximate surface area is 404 Å². The van der Waals surface area contributed by atoms with Crippen molar-refractivity contribution < 1.29 is 5.11 Å². The van der Waals surface area contributed by atoms with Crippen molar-refractivity contribution in [2.75, 3.05) is 0 Å². The number of fused-ring (bicyclic) bond motifs is 1. The first-order chi connectivity index (χ1) is 33.8. The van der Waals surface area contributed by atoms with E-state index in [9.17, 15) is 5.11 Å². The van der Waals surface area contributed by atoms with Crippen molar-refractivity contribution in [3.05, 3.63) is 253 Å². The van der Waals surface area contributed by atoms with Crippen LogP contribution in [0.3, 0.4) is 0 Å². The van der Waals surface area contributed by atoms with Gasteiger partial charge in [0.25, 0.3) is 0 Å². The second kappa shape index (κ2) is 18.2. The summed E-state index contributed by atoms with van der Waals surface area (Å²) in [6.45, 7) is 6.79. The minimum Gasteiger partial charge on any atom is -0.507 e. The molecule has 1 N–H and O–H groups in total. The molecule has 0 atom stereocenters. The minimum absolute atomic E-state index is 0.171. The van der Waals surface area contributed by atoms with Crippen LogP contribution in [0.1, 0.15) is 37.5 Å². The summed E-state index contributed by atoms with van der Waals surface area (Å²) in [6.07, 6.45) is 2.80. The largest absolute Gasteiger partial charge is 0.507 e. The molecule has 0 fully saturated rings. The summed E-state index contributed by atoms with van der Waals surface area (Å²) in [5.74, 6) is 0.818. The number of aromatic nitrogens is 3. The highest BCUT2D eigenvalue weighted by molar-refractivity contribution is 6.00. The van der Waals surface area contributed by atoms with Crippen LogP contribution in [0, 0.1) is 0 Å². The molecule has 69 heavy (non-hydrogen) atoms. The summed E-state index contributed by atoms with van der Waals surface area (Å²) in [7, 11) is 0. The Morgan fingerprint density at radius 3 is 1.58 bits per heavy atom. The average molecular weight is 890 g/mol. The summed E-state index contributed by atoms with van der Waals surface area (Å²) in [6, 6.07) is 80.8. The number of benzene rings is 9. The SMILES string of the molecule is CC(C)(C)c1cc(-c2cc(-c3cccc(Cc4ccccc4)c3)ccn2)cc(-c2cccc3c2nc(-c2cccc(-c4ccccc4)c2O)n3-c2c(-c3ccccc3)cccc2-c2ccccc2)c1. The molecule has 0 saturated heterocycles. The van der Waals surface area contributed by atoms with E-state index in [-0.39, 0.29) is 11.2 Å². The van der Waals surface area contributed by atoms with Gasteiger partial charge in [-0.25, -0.2) is 4.98 Å². The van der Waals surface area contributed by atoms with Crippen LogP contribution in [0.2, 0.25) is 0 Å². The Kier molecular flexibility index (Phi) is 11.4. The normalized spacial score (nSPS) is 11.5. The van der Waals surface area contributed by atoms with Crippen molar-refractivity contribution in [3.63, 3.8) is 0 Å². The van der Waals surface area contributed by atoms with Gasteiger partial charge < -0.3 is 5.11 Å². The zero-order valence-corrected chi connectivity index (χ0v) is 39.0. The highest BCUT2D eigenvalue weighted by Gasteiger charge is 2.26. The number of hydrogen-bond donors (Lipinski definition) is 1. The molecule has 0 radical (unpaired) electrons. The number of nitrogens with zero attached hydrogens (tertiary/aromatic N) is 3. The summed E-state index contributed by atoms with van der Waals surface area (Å²) in [5.41, 5.74) is 19.1. The second-order valence-electron chi connectivity index (χ2n) is 18.8. The van der Waals surface area contributed by atoms with Gasteiger partial charge >= 0.3 is 0 Å². The number of phenols is 1. The van der Waals surface area contributed by atoms with Crippen LogP contribution in [-0.2, 0) is 11.8 Å². The van der Waals surface area contributed by atoms with Gasteiger partial charge in [-0.3, -0.25) is 9.55 Å². The molecule has 0 saturated carbocycles. The predicted molar refractivity (Wildman–Crippen MR) is 287 cm³/mol. The second-order valence-corrected chi connectivity index (χ2v) is 18.8. The lowest BCUT2D eigenvalue weighted by atomic mass is 9.83. The fraction of sp³-hybridized carbons (Fsp3) is 0.0769. The molecule has 4 nitrogen and oxygen atoms in total. The number of aromatic hydroxyl groups is 1. The Morgan fingerprint density at radius 2 is 0.928 bits per heavy atom. The highest BCUT2D eigenvalue weighted by Crippen LogP contribution is 2.46. The Morgan fingerprint density at radius 1 is 0.420 bits per heavy atom. The van der Waals surface area contributed by atoms with Crippen molar-refractivity contribution in [1.82, 2.24) is 14.5 Å². The van der Waals surface area contributed by atoms with Crippen molar-refractivity contribution in [2.45, 2.75) is 32.6 Å². The molecule has 0 aliphatic rings. The van der Waals surface area contributed by atoms with Gasteiger partial charge in [-0.15, -0.1) is 0 Å². The number of para-hydroxylation sites is 3. The van der Waals surface area contributed by atoms with Gasteiger partial charge in [-0.05, 0) is 98.3 Å². The summed E-state index contributed by atoms with van der Waals surface area (Å²) in [4.78, 5) is 10.7. The third-order valence-electron chi connectivity index (χ3n) is 13.2. The van der Waals surface area contributed by atoms with Gasteiger partial charge in [0.05, 0.1) is 28.0 Å². The van der Waals surface area contributed by atoms with Gasteiger partial charge in [0.1, 0.15) is 11.6 Å². The molecule has 0 aliphatic carbocycles. The van der Waals surface area contributed by atoms with Crippen molar-refractivity contribution >= 4 is 11.0 Å². The third kappa shape index (κ3) is 8.54. The Hall–Kier alpha value is -8.60. The molecule has 0 spiro atoms. The molecular weight excluding hydrogens is 839 g/mol. The lowest BCUT2D eigenvalue weighted by Crippen LogP contribution is -2.11. The first-order valence-corrected chi connectivity index (χ1v) is 23.7. The molecule has 0 aliphatic heterocycles. The maximum absolute atomic E-state index is 12.5. The van der Waals surface area contributed by atoms with E-state index in [4.69, 9.17) is 9.97 Å². The van der Waals surface area contributed by atoms with Gasteiger partial charge in [-0.1, -0.05) is 215 Å². The van der Waals surface area contributed by atoms with Gasteiger partial charge in [0.15, 0.2) is 0 Å². The topological polar surface area (TPSA) is 50.9 Å². The first kappa shape index (κ1) is 43.0. The number of imidazole rings is 1. The van der Waals surface area contributed by atoms with Crippen LogP contribution in [0.4, 0.5) is 0 Å². The maximum atomic E-state index is 12.5. The first-order valence-electron chi connectivity index (χ1n) is 23.7. The molecule has 11 rings (SSSR count). The lowest BCUT2D eigenvalue weighted by molar-refractivity contribution is 0.479. The van der Waals surface area contributed by atoms with E-state index in [1.165, 1.54) is 16.7 Å². The number of rotatable bonds is 10. The number of phenolic OH excluding ortho intramolecular Hbond substituents is 1. The monoisotopic (exact) mass is 889 g/mol. The fourth-order valence-corrected chi connectivity index (χ4v) is 9.62. The molecule has 4 heteroatoms. The van der Waals surface area contributed by atoms with Gasteiger partial charge in [0.2, 0.25) is 0 Å². The van der Waals surface area contributed by atoms with Crippen LogP contribution in [0.25, 0.3) is 95.0 Å². The van der Waals surface area contributed by atoms with Crippen molar-refractivity contribution in [1.29, 1.82) is 0 Å². The average Bonchev–Trinajstić information content (AvgIpc) is 3.78. The molecule has 0 unspecified atom stereocenters. The zero-order chi connectivity index (χ0) is 46.9. The number of hydrogen-bond acceptors (Lipinski definition) is 3. The van der Waals surface area contributed by atoms with Crippen LogP contribution < -0.4 is 0 Å². The van der Waals surface area contributed by atoms with Crippen LogP contribution in [-0.4, -0.2) is 19.6 Å². The highest BCUT2D eigenvalue weighted by atomic mass is 16.3. The van der Waals surface area contributed by atoms with Crippen LogP contribution in [0.5, 0.6) is 5.75 Å². The molecule has 9 aromatic carbocycles. The van der Waals surface area contributed by atoms with E-state index in [1.807, 2.05) is 54.7 Å². The fourth-order valence-electron chi connectivity index (χ4n) is 9.62. The third-order valence-corrected chi connectivity index (χ3v) is 13.2. The summed E-state index contributed by atoms with van der Waals surface area (Å²) in [5, 5.41) is 12.5. The smallest absolute Gasteiger partial charge is 0.149 e. The van der Waals surface area contributed by atoms with E-state index in [0.717, 1.165) is 90.0 Å². The molecule has 0 bridgehead atoms. The molecule has 0 amide bonds.